The molecule has 29 heavy (non-hydrogen) atoms. The molecule has 0 bridgehead atoms. The Morgan fingerprint density at radius 1 is 1.17 bits per heavy atom. The lowest BCUT2D eigenvalue weighted by Gasteiger charge is -2.23. The van der Waals surface area contributed by atoms with Crippen molar-refractivity contribution in [1.29, 1.82) is 0 Å². The number of fused-ring (bicyclic) bond motifs is 1. The van der Waals surface area contributed by atoms with Gasteiger partial charge in [0.1, 0.15) is 5.69 Å². The van der Waals surface area contributed by atoms with Gasteiger partial charge in [-0.1, -0.05) is 6.07 Å². The van der Waals surface area contributed by atoms with Crippen LogP contribution >= 0.6 is 0 Å². The van der Waals surface area contributed by atoms with E-state index < -0.39 is 0 Å². The molecule has 8 nitrogen and oxygen atoms in total. The Hall–Kier alpha value is -2.97. The maximum absolute atomic E-state index is 12.1. The van der Waals surface area contributed by atoms with Crippen LogP contribution in [0.5, 0.6) is 0 Å². The number of ketones is 1. The lowest BCUT2D eigenvalue weighted by atomic mass is 10.0. The molecule has 0 unspecified atom stereocenters. The van der Waals surface area contributed by atoms with Crippen LogP contribution in [0.2, 0.25) is 0 Å². The van der Waals surface area contributed by atoms with Gasteiger partial charge in [0.25, 0.3) is 0 Å². The van der Waals surface area contributed by atoms with E-state index in [0.717, 1.165) is 28.8 Å². The molecule has 0 aromatic carbocycles. The number of aliphatic hydroxyl groups is 1. The second-order valence-electron chi connectivity index (χ2n) is 8.07. The third kappa shape index (κ3) is 5.10. The first-order chi connectivity index (χ1) is 13.8. The highest BCUT2D eigenvalue weighted by Crippen LogP contribution is 2.31. The number of hydrogen-bond donors (Lipinski definition) is 3. The van der Waals surface area contributed by atoms with E-state index in [-0.39, 0.29) is 12.4 Å². The van der Waals surface area contributed by atoms with Crippen LogP contribution in [0.1, 0.15) is 6.92 Å². The summed E-state index contributed by atoms with van der Waals surface area (Å²) in [7, 11) is 6.43. The molecule has 3 N–H and O–H groups in total. The van der Waals surface area contributed by atoms with Gasteiger partial charge in [-0.25, -0.2) is 9.51 Å². The summed E-state index contributed by atoms with van der Waals surface area (Å²) in [4.78, 5) is 17.0. The SMILES string of the molecule is CC1=C/C(=N\c2c(NCC[N+](C)(C)C)nn3ccccc23)C(NCCO)=CC1=O. The van der Waals surface area contributed by atoms with Gasteiger partial charge < -0.3 is 20.2 Å². The molecular formula is C21H29N6O2+. The molecule has 2 aromatic heterocycles. The van der Waals surface area contributed by atoms with Crippen molar-refractivity contribution in [2.24, 2.45) is 4.99 Å². The summed E-state index contributed by atoms with van der Waals surface area (Å²) in [5, 5.41) is 20.3. The molecule has 154 valence electrons. The molecule has 0 radical (unpaired) electrons. The smallest absolute Gasteiger partial charge is 0.183 e. The predicted molar refractivity (Wildman–Crippen MR) is 116 cm³/mol. The Labute approximate surface area is 170 Å². The third-order valence-corrected chi connectivity index (χ3v) is 4.54. The zero-order valence-electron chi connectivity index (χ0n) is 17.4. The lowest BCUT2D eigenvalue weighted by molar-refractivity contribution is -0.868. The van der Waals surface area contributed by atoms with Gasteiger partial charge in [-0.15, -0.1) is 5.10 Å². The zero-order chi connectivity index (χ0) is 21.0. The van der Waals surface area contributed by atoms with Gasteiger partial charge in [-0.2, -0.15) is 0 Å². The first kappa shape index (κ1) is 20.8. The summed E-state index contributed by atoms with van der Waals surface area (Å²) in [6.45, 7) is 3.77. The van der Waals surface area contributed by atoms with Crippen LogP contribution in [0, 0.1) is 0 Å². The number of quaternary nitrogens is 1. The highest BCUT2D eigenvalue weighted by molar-refractivity contribution is 6.22. The predicted octanol–water partition coefficient (Wildman–Crippen LogP) is 1.52. The van der Waals surface area contributed by atoms with Crippen LogP contribution in [0.3, 0.4) is 0 Å². The second-order valence-corrected chi connectivity index (χ2v) is 8.07. The molecule has 0 saturated carbocycles. The van der Waals surface area contributed by atoms with Crippen molar-refractivity contribution in [2.45, 2.75) is 6.92 Å². The number of allylic oxidation sites excluding steroid dienone is 3. The number of pyridine rings is 1. The minimum Gasteiger partial charge on any atom is -0.395 e. The standard InChI is InChI=1S/C21H28N6O2/c1-15-13-17(16(14-19(15)29)22-9-12-28)24-20-18-7-5-6-10-26(18)25-21(20)23-8-11-27(2,3)4/h5-7,10,13-14,28H,8-9,11-12H2,1-4H3,(H-,22,23,25,29)/p+1/b24-17+. The van der Waals surface area contributed by atoms with Crippen LogP contribution in [0.15, 0.2) is 52.8 Å². The third-order valence-electron chi connectivity index (χ3n) is 4.54. The van der Waals surface area contributed by atoms with E-state index in [4.69, 9.17) is 10.1 Å². The van der Waals surface area contributed by atoms with Crippen molar-refractivity contribution in [3.63, 3.8) is 0 Å². The van der Waals surface area contributed by atoms with Crippen LogP contribution in [0.4, 0.5) is 11.5 Å². The number of hydrogen-bond acceptors (Lipinski definition) is 6. The first-order valence-corrected chi connectivity index (χ1v) is 9.68. The minimum absolute atomic E-state index is 0.0317. The Morgan fingerprint density at radius 3 is 2.69 bits per heavy atom. The molecule has 0 fully saturated rings. The molecule has 1 aliphatic rings. The fraction of sp³-hybridized carbons (Fsp3) is 0.381. The number of nitrogens with zero attached hydrogens (tertiary/aromatic N) is 4. The zero-order valence-corrected chi connectivity index (χ0v) is 17.4. The number of rotatable bonds is 8. The van der Waals surface area contributed by atoms with Gasteiger partial charge in [-0.05, 0) is 30.7 Å². The minimum atomic E-state index is -0.0643. The first-order valence-electron chi connectivity index (χ1n) is 9.68. The van der Waals surface area contributed by atoms with Gasteiger partial charge in [0.15, 0.2) is 11.6 Å². The van der Waals surface area contributed by atoms with Crippen molar-refractivity contribution in [1.82, 2.24) is 14.9 Å². The van der Waals surface area contributed by atoms with E-state index in [9.17, 15) is 4.79 Å². The Bertz CT molecular complexity index is 994. The fourth-order valence-electron chi connectivity index (χ4n) is 2.94. The van der Waals surface area contributed by atoms with Crippen LogP contribution in [0.25, 0.3) is 5.52 Å². The molecule has 0 atom stereocenters. The molecule has 1 aliphatic carbocycles. The van der Waals surface area contributed by atoms with Gasteiger partial charge in [0, 0.05) is 18.8 Å². The van der Waals surface area contributed by atoms with E-state index in [0.29, 0.717) is 29.3 Å². The number of nitrogens with one attached hydrogen (secondary N) is 2. The lowest BCUT2D eigenvalue weighted by Crippen LogP contribution is -2.38. The van der Waals surface area contributed by atoms with E-state index in [1.165, 1.54) is 6.08 Å². The summed E-state index contributed by atoms with van der Waals surface area (Å²) in [5.41, 5.74) is 3.45. The maximum Gasteiger partial charge on any atom is 0.183 e. The van der Waals surface area contributed by atoms with Crippen molar-refractivity contribution < 1.29 is 14.4 Å². The topological polar surface area (TPSA) is 91.0 Å². The summed E-state index contributed by atoms with van der Waals surface area (Å²) in [6.07, 6.45) is 5.18. The molecule has 2 aromatic rings. The molecule has 0 spiro atoms. The van der Waals surface area contributed by atoms with E-state index in [1.54, 1.807) is 17.5 Å². The van der Waals surface area contributed by atoms with Gasteiger partial charge in [-0.3, -0.25) is 4.79 Å². The average molecular weight is 398 g/mol. The van der Waals surface area contributed by atoms with Gasteiger partial charge in [0.2, 0.25) is 0 Å². The molecule has 0 saturated heterocycles. The highest BCUT2D eigenvalue weighted by atomic mass is 16.3. The van der Waals surface area contributed by atoms with Crippen molar-refractivity contribution >= 4 is 28.5 Å². The quantitative estimate of drug-likeness (QED) is 0.464. The van der Waals surface area contributed by atoms with Crippen molar-refractivity contribution in [3.05, 3.63) is 47.8 Å². The summed E-state index contributed by atoms with van der Waals surface area (Å²) in [5.74, 6) is 0.632. The fourth-order valence-corrected chi connectivity index (χ4v) is 2.94. The number of likely N-dealkylation sites (N-methyl/N-ethyl adjacent to an activating group) is 1. The second kappa shape index (κ2) is 8.59. The molecule has 0 amide bonds. The average Bonchev–Trinajstić information content (AvgIpc) is 3.00. The number of aromatic nitrogens is 2. The summed E-state index contributed by atoms with van der Waals surface area (Å²) < 4.78 is 2.63. The largest absolute Gasteiger partial charge is 0.395 e. The molecular weight excluding hydrogens is 368 g/mol. The maximum atomic E-state index is 12.1. The van der Waals surface area contributed by atoms with Crippen LogP contribution in [-0.2, 0) is 4.79 Å². The molecule has 3 rings (SSSR count). The number of carbonyl (C=O) groups is 1. The Kier molecular flexibility index (Phi) is 6.14. The Balaban J connectivity index is 2.01. The monoisotopic (exact) mass is 397 g/mol. The number of aliphatic imine (C=N–C) groups is 1. The summed E-state index contributed by atoms with van der Waals surface area (Å²) >= 11 is 0. The number of carbonyl (C=O) groups excluding carboxylic acids is 1. The molecule has 2 heterocycles. The van der Waals surface area contributed by atoms with E-state index >= 15 is 0 Å². The van der Waals surface area contributed by atoms with Crippen LogP contribution in [-0.4, -0.2) is 78.1 Å². The van der Waals surface area contributed by atoms with E-state index in [1.807, 2.05) is 24.4 Å². The number of aliphatic hydroxyl groups excluding tert-OH is 1. The molecule has 8 heteroatoms. The normalized spacial score (nSPS) is 16.2. The Morgan fingerprint density at radius 2 is 1.97 bits per heavy atom. The molecule has 0 aliphatic heterocycles. The van der Waals surface area contributed by atoms with Crippen molar-refractivity contribution in [3.8, 4) is 0 Å². The van der Waals surface area contributed by atoms with Gasteiger partial charge in [0.05, 0.1) is 57.8 Å². The van der Waals surface area contributed by atoms with Crippen LogP contribution < -0.4 is 10.6 Å². The number of anilines is 1. The highest BCUT2D eigenvalue weighted by Gasteiger charge is 2.19. The van der Waals surface area contributed by atoms with E-state index in [2.05, 4.69) is 36.9 Å². The van der Waals surface area contributed by atoms with Crippen molar-refractivity contribution in [2.75, 3.05) is 52.7 Å². The summed E-state index contributed by atoms with van der Waals surface area (Å²) in [6, 6.07) is 5.83. The van der Waals surface area contributed by atoms with Gasteiger partial charge >= 0.3 is 0 Å².